The first-order valence-corrected chi connectivity index (χ1v) is 4.86. The number of carboxylic acids is 1. The Morgan fingerprint density at radius 2 is 2.43 bits per heavy atom. The summed E-state index contributed by atoms with van der Waals surface area (Å²) >= 11 is 0. The van der Waals surface area contributed by atoms with E-state index < -0.39 is 5.97 Å². The molecular weight excluding hydrogens is 180 g/mol. The summed E-state index contributed by atoms with van der Waals surface area (Å²) in [5, 5.41) is 8.68. The van der Waals surface area contributed by atoms with Gasteiger partial charge in [-0.1, -0.05) is 24.8 Å². The lowest BCUT2D eigenvalue weighted by Gasteiger charge is -2.28. The maximum atomic E-state index is 10.6. The average molecular weight is 196 g/mol. The Balaban J connectivity index is 2.53. The van der Waals surface area contributed by atoms with E-state index in [-0.39, 0.29) is 18.4 Å². The van der Waals surface area contributed by atoms with Crippen molar-refractivity contribution in [1.29, 1.82) is 0 Å². The van der Waals surface area contributed by atoms with Crippen molar-refractivity contribution in [2.24, 2.45) is 5.92 Å². The second kappa shape index (κ2) is 5.60. The number of carbonyl (C=O) groups is 1. The van der Waals surface area contributed by atoms with Gasteiger partial charge in [0.15, 0.2) is 0 Å². The molecule has 3 nitrogen and oxygen atoms in total. The quantitative estimate of drug-likeness (QED) is 0.699. The molecule has 0 aromatic carbocycles. The molecule has 1 saturated heterocycles. The molecule has 1 heterocycles. The van der Waals surface area contributed by atoms with Crippen LogP contribution in [0, 0.1) is 5.92 Å². The van der Waals surface area contributed by atoms with Crippen molar-refractivity contribution in [2.75, 3.05) is 6.61 Å². The maximum Gasteiger partial charge on any atom is 0.306 e. The average Bonchev–Trinajstić information content (AvgIpc) is 2.16. The lowest BCUT2D eigenvalue weighted by molar-refractivity contribution is -0.142. The Morgan fingerprint density at radius 1 is 1.64 bits per heavy atom. The van der Waals surface area contributed by atoms with Crippen LogP contribution in [-0.2, 0) is 9.53 Å². The van der Waals surface area contributed by atoms with Crippen LogP contribution in [0.5, 0.6) is 0 Å². The van der Waals surface area contributed by atoms with Crippen LogP contribution >= 0.6 is 0 Å². The molecule has 1 aliphatic rings. The Labute approximate surface area is 84.1 Å². The minimum Gasteiger partial charge on any atom is -0.481 e. The van der Waals surface area contributed by atoms with E-state index in [0.717, 1.165) is 12.8 Å². The van der Waals surface area contributed by atoms with Crippen LogP contribution in [0.1, 0.15) is 19.3 Å². The highest BCUT2D eigenvalue weighted by Gasteiger charge is 2.25. The zero-order chi connectivity index (χ0) is 10.4. The number of carboxylic acid groups (broad SMARTS) is 1. The third kappa shape index (κ3) is 3.34. The van der Waals surface area contributed by atoms with Crippen molar-refractivity contribution >= 4 is 5.97 Å². The fraction of sp³-hybridized carbons (Fsp3) is 0.545. The predicted molar refractivity (Wildman–Crippen MR) is 54.1 cm³/mol. The fourth-order valence-corrected chi connectivity index (χ4v) is 1.69. The Bertz CT molecular complexity index is 233. The van der Waals surface area contributed by atoms with Gasteiger partial charge in [0.05, 0.1) is 12.5 Å². The Kier molecular flexibility index (Phi) is 4.40. The van der Waals surface area contributed by atoms with E-state index in [9.17, 15) is 4.79 Å². The van der Waals surface area contributed by atoms with Crippen LogP contribution in [-0.4, -0.2) is 23.8 Å². The molecule has 14 heavy (non-hydrogen) atoms. The van der Waals surface area contributed by atoms with Crippen molar-refractivity contribution in [3.8, 4) is 0 Å². The number of aliphatic carboxylic acids is 1. The third-order valence-electron chi connectivity index (χ3n) is 2.36. The van der Waals surface area contributed by atoms with E-state index in [1.165, 1.54) is 0 Å². The summed E-state index contributed by atoms with van der Waals surface area (Å²) in [7, 11) is 0. The van der Waals surface area contributed by atoms with Crippen LogP contribution in [0.15, 0.2) is 24.8 Å². The lowest BCUT2D eigenvalue weighted by Crippen LogP contribution is -2.30. The standard InChI is InChI=1S/C11H16O3/c1-2-3-5-9-6-4-7-14-10(9)8-11(12)13/h2-3,5,9-10H,1,4,6-8H2,(H,12,13). The second-order valence-corrected chi connectivity index (χ2v) is 3.43. The van der Waals surface area contributed by atoms with E-state index in [2.05, 4.69) is 6.58 Å². The van der Waals surface area contributed by atoms with Gasteiger partial charge in [0, 0.05) is 12.5 Å². The summed E-state index contributed by atoms with van der Waals surface area (Å²) in [5.41, 5.74) is 0. The Hall–Kier alpha value is -1.09. The van der Waals surface area contributed by atoms with E-state index in [0.29, 0.717) is 6.61 Å². The van der Waals surface area contributed by atoms with Gasteiger partial charge in [-0.15, -0.1) is 0 Å². The molecule has 1 N–H and O–H groups in total. The van der Waals surface area contributed by atoms with E-state index in [4.69, 9.17) is 9.84 Å². The van der Waals surface area contributed by atoms with Gasteiger partial charge in [-0.3, -0.25) is 4.79 Å². The highest BCUT2D eigenvalue weighted by Crippen LogP contribution is 2.24. The van der Waals surface area contributed by atoms with E-state index in [1.807, 2.05) is 12.2 Å². The minimum atomic E-state index is -0.797. The topological polar surface area (TPSA) is 46.5 Å². The Morgan fingerprint density at radius 3 is 3.07 bits per heavy atom. The van der Waals surface area contributed by atoms with Gasteiger partial charge in [-0.05, 0) is 12.8 Å². The first-order valence-electron chi connectivity index (χ1n) is 4.86. The number of ether oxygens (including phenoxy) is 1. The van der Waals surface area contributed by atoms with Crippen molar-refractivity contribution in [2.45, 2.75) is 25.4 Å². The number of hydrogen-bond acceptors (Lipinski definition) is 2. The highest BCUT2D eigenvalue weighted by molar-refractivity contribution is 5.67. The molecule has 0 aliphatic carbocycles. The van der Waals surface area contributed by atoms with Crippen LogP contribution in [0.2, 0.25) is 0 Å². The minimum absolute atomic E-state index is 0.0894. The lowest BCUT2D eigenvalue weighted by atomic mass is 9.92. The fourth-order valence-electron chi connectivity index (χ4n) is 1.69. The predicted octanol–water partition coefficient (Wildman–Crippen LogP) is 2.00. The SMILES string of the molecule is C=CC=CC1CCCOC1CC(=O)O. The molecule has 3 heteroatoms. The number of hydrogen-bond donors (Lipinski definition) is 1. The molecule has 1 fully saturated rings. The highest BCUT2D eigenvalue weighted by atomic mass is 16.5. The van der Waals surface area contributed by atoms with Crippen LogP contribution in [0.25, 0.3) is 0 Å². The van der Waals surface area contributed by atoms with Crippen molar-refractivity contribution in [1.82, 2.24) is 0 Å². The number of allylic oxidation sites excluding steroid dienone is 2. The molecule has 0 spiro atoms. The van der Waals surface area contributed by atoms with Gasteiger partial charge in [0.1, 0.15) is 0 Å². The van der Waals surface area contributed by atoms with Gasteiger partial charge in [0.2, 0.25) is 0 Å². The zero-order valence-corrected chi connectivity index (χ0v) is 8.19. The molecule has 0 saturated carbocycles. The summed E-state index contributed by atoms with van der Waals surface area (Å²) in [4.78, 5) is 10.6. The largest absolute Gasteiger partial charge is 0.481 e. The second-order valence-electron chi connectivity index (χ2n) is 3.43. The van der Waals surface area contributed by atoms with Gasteiger partial charge >= 0.3 is 5.97 Å². The smallest absolute Gasteiger partial charge is 0.306 e. The van der Waals surface area contributed by atoms with E-state index >= 15 is 0 Å². The monoisotopic (exact) mass is 196 g/mol. The molecule has 1 rings (SSSR count). The molecule has 2 atom stereocenters. The first kappa shape index (κ1) is 11.0. The normalized spacial score (nSPS) is 27.7. The molecule has 0 amide bonds. The summed E-state index contributed by atoms with van der Waals surface area (Å²) < 4.78 is 5.43. The number of rotatable bonds is 4. The third-order valence-corrected chi connectivity index (χ3v) is 2.36. The van der Waals surface area contributed by atoms with Crippen molar-refractivity contribution in [3.63, 3.8) is 0 Å². The molecule has 78 valence electrons. The van der Waals surface area contributed by atoms with Gasteiger partial charge < -0.3 is 9.84 Å². The molecule has 0 radical (unpaired) electrons. The van der Waals surface area contributed by atoms with Gasteiger partial charge in [0.25, 0.3) is 0 Å². The molecule has 0 aromatic rings. The summed E-state index contributed by atoms with van der Waals surface area (Å²) in [6, 6.07) is 0. The summed E-state index contributed by atoms with van der Waals surface area (Å²) in [5.74, 6) is -0.577. The van der Waals surface area contributed by atoms with Crippen molar-refractivity contribution in [3.05, 3.63) is 24.8 Å². The molecule has 2 unspecified atom stereocenters. The van der Waals surface area contributed by atoms with Crippen LogP contribution < -0.4 is 0 Å². The molecule has 1 aliphatic heterocycles. The van der Waals surface area contributed by atoms with Gasteiger partial charge in [-0.2, -0.15) is 0 Å². The molecule has 0 aromatic heterocycles. The maximum absolute atomic E-state index is 10.6. The van der Waals surface area contributed by atoms with Crippen LogP contribution in [0.4, 0.5) is 0 Å². The zero-order valence-electron chi connectivity index (χ0n) is 8.19. The van der Waals surface area contributed by atoms with E-state index in [1.54, 1.807) is 6.08 Å². The summed E-state index contributed by atoms with van der Waals surface area (Å²) in [6.45, 7) is 4.26. The molecular formula is C11H16O3. The summed E-state index contributed by atoms with van der Waals surface area (Å²) in [6.07, 6.45) is 7.47. The molecule has 0 bridgehead atoms. The van der Waals surface area contributed by atoms with Crippen LogP contribution in [0.3, 0.4) is 0 Å². The first-order chi connectivity index (χ1) is 6.74. The van der Waals surface area contributed by atoms with Gasteiger partial charge in [-0.25, -0.2) is 0 Å². The van der Waals surface area contributed by atoms with Crippen molar-refractivity contribution < 1.29 is 14.6 Å².